The van der Waals surface area contributed by atoms with Crippen LogP contribution in [-0.4, -0.2) is 38.6 Å². The first-order chi connectivity index (χ1) is 18.8. The zero-order valence-electron chi connectivity index (χ0n) is 22.3. The van der Waals surface area contributed by atoms with Crippen molar-refractivity contribution in [3.8, 4) is 11.4 Å². The van der Waals surface area contributed by atoms with Crippen LogP contribution < -0.4 is 16.0 Å². The molecule has 202 valence electrons. The number of benzene rings is 2. The number of hydrogen-bond acceptors (Lipinski definition) is 6. The van der Waals surface area contributed by atoms with E-state index >= 15 is 0 Å². The molecular formula is C29H30FN5O4. The zero-order chi connectivity index (χ0) is 27.7. The van der Waals surface area contributed by atoms with E-state index in [1.165, 1.54) is 23.8 Å². The Morgan fingerprint density at radius 2 is 1.87 bits per heavy atom. The second kappa shape index (κ2) is 10.7. The second-order valence-corrected chi connectivity index (χ2v) is 9.76. The van der Waals surface area contributed by atoms with Crippen molar-refractivity contribution in [1.29, 1.82) is 0 Å². The molecule has 1 atom stereocenters. The smallest absolute Gasteiger partial charge is 0.331 e. The molecule has 0 spiro atoms. The van der Waals surface area contributed by atoms with E-state index in [0.717, 1.165) is 24.2 Å². The number of hydrogen-bond donors (Lipinski definition) is 0. The monoisotopic (exact) mass is 531 g/mol. The van der Waals surface area contributed by atoms with Crippen LogP contribution in [0.3, 0.4) is 0 Å². The second-order valence-electron chi connectivity index (χ2n) is 9.76. The third-order valence-electron chi connectivity index (χ3n) is 6.96. The molecule has 2 heterocycles. The number of rotatable bonds is 9. The maximum Gasteiger partial charge on any atom is 0.331 e. The van der Waals surface area contributed by atoms with Crippen molar-refractivity contribution in [3.05, 3.63) is 110 Å². The topological polar surface area (TPSA) is 92.6 Å². The average Bonchev–Trinajstić information content (AvgIpc) is 3.65. The maximum atomic E-state index is 14.0. The Labute approximate surface area is 224 Å². The molecular weight excluding hydrogens is 501 g/mol. The molecule has 2 aromatic heterocycles. The lowest BCUT2D eigenvalue weighted by Gasteiger charge is -2.19. The Bertz CT molecular complexity index is 1650. The molecule has 0 bridgehead atoms. The van der Waals surface area contributed by atoms with Crippen molar-refractivity contribution in [2.75, 3.05) is 14.2 Å². The minimum Gasteiger partial charge on any atom is -0.495 e. The number of methoxy groups -OCH3 is 1. The molecule has 0 radical (unpaired) electrons. The highest BCUT2D eigenvalue weighted by atomic mass is 19.1. The van der Waals surface area contributed by atoms with Crippen LogP contribution in [0.25, 0.3) is 5.69 Å². The summed E-state index contributed by atoms with van der Waals surface area (Å²) in [7, 11) is 2.96. The van der Waals surface area contributed by atoms with Crippen molar-refractivity contribution in [2.45, 2.75) is 39.3 Å². The number of halogens is 1. The minimum absolute atomic E-state index is 0.208. The van der Waals surface area contributed by atoms with Gasteiger partial charge >= 0.3 is 5.69 Å². The lowest BCUT2D eigenvalue weighted by Crippen LogP contribution is -2.44. The van der Waals surface area contributed by atoms with Crippen LogP contribution in [0, 0.1) is 18.7 Å². The van der Waals surface area contributed by atoms with Gasteiger partial charge in [0.15, 0.2) is 0 Å². The highest BCUT2D eigenvalue weighted by molar-refractivity contribution is 6.12. The standard InChI is InChI=1S/C29H30FN5O4/c1-18-14-34(17-31-18)25-12-9-22(13-26(25)38-3)27(32-39-4)24-16-33(15-20-5-6-20)29(37)35(28(24)36)19(2)21-7-10-23(30)11-8-21/h7-14,16-17,19-20H,5-6,15H2,1-4H3/b32-27+. The molecule has 1 saturated carbocycles. The molecule has 0 aliphatic heterocycles. The van der Waals surface area contributed by atoms with Crippen LogP contribution in [0.2, 0.25) is 0 Å². The first-order valence-corrected chi connectivity index (χ1v) is 12.7. The summed E-state index contributed by atoms with van der Waals surface area (Å²) in [4.78, 5) is 37.0. The van der Waals surface area contributed by atoms with Gasteiger partial charge in [0.2, 0.25) is 0 Å². The number of nitrogens with zero attached hydrogens (tertiary/aromatic N) is 5. The van der Waals surface area contributed by atoms with E-state index in [2.05, 4.69) is 10.1 Å². The van der Waals surface area contributed by atoms with E-state index in [4.69, 9.17) is 9.57 Å². The summed E-state index contributed by atoms with van der Waals surface area (Å²) >= 11 is 0. The van der Waals surface area contributed by atoms with Crippen molar-refractivity contribution in [2.24, 2.45) is 11.1 Å². The van der Waals surface area contributed by atoms with Gasteiger partial charge < -0.3 is 14.1 Å². The number of aromatic nitrogens is 4. The van der Waals surface area contributed by atoms with E-state index in [1.807, 2.05) is 29.8 Å². The summed E-state index contributed by atoms with van der Waals surface area (Å²) in [5.41, 5.74) is 2.36. The molecule has 39 heavy (non-hydrogen) atoms. The minimum atomic E-state index is -0.638. The van der Waals surface area contributed by atoms with E-state index in [9.17, 15) is 14.0 Å². The van der Waals surface area contributed by atoms with Crippen molar-refractivity contribution >= 4 is 5.71 Å². The third kappa shape index (κ3) is 5.27. The van der Waals surface area contributed by atoms with Crippen LogP contribution in [-0.2, 0) is 11.4 Å². The Hall–Kier alpha value is -4.47. The Morgan fingerprint density at radius 3 is 2.49 bits per heavy atom. The van der Waals surface area contributed by atoms with Gasteiger partial charge in [-0.2, -0.15) is 0 Å². The van der Waals surface area contributed by atoms with E-state index in [1.54, 1.807) is 49.3 Å². The van der Waals surface area contributed by atoms with Gasteiger partial charge in [0.05, 0.1) is 36.4 Å². The van der Waals surface area contributed by atoms with Gasteiger partial charge in [-0.1, -0.05) is 23.4 Å². The molecule has 5 rings (SSSR count). The third-order valence-corrected chi connectivity index (χ3v) is 6.96. The summed E-state index contributed by atoms with van der Waals surface area (Å²) in [6.45, 7) is 4.14. The molecule has 0 amide bonds. The van der Waals surface area contributed by atoms with Gasteiger partial charge in [-0.05, 0) is 62.4 Å². The van der Waals surface area contributed by atoms with Crippen LogP contribution in [0.15, 0.2) is 75.9 Å². The molecule has 9 nitrogen and oxygen atoms in total. The molecule has 1 aliphatic carbocycles. The summed E-state index contributed by atoms with van der Waals surface area (Å²) in [5.74, 6) is 0.527. The van der Waals surface area contributed by atoms with Crippen molar-refractivity contribution in [1.82, 2.24) is 18.7 Å². The lowest BCUT2D eigenvalue weighted by atomic mass is 10.0. The van der Waals surface area contributed by atoms with Crippen LogP contribution >= 0.6 is 0 Å². The number of imidazole rings is 1. The SMILES string of the molecule is CO/N=C(\c1ccc(-n2cnc(C)c2)c(OC)c1)c1cn(CC2CC2)c(=O)n(C(C)c2ccc(F)cc2)c1=O. The fraction of sp³-hybridized carbons (Fsp3) is 0.310. The van der Waals surface area contributed by atoms with Gasteiger partial charge in [-0.15, -0.1) is 0 Å². The zero-order valence-corrected chi connectivity index (χ0v) is 22.3. The van der Waals surface area contributed by atoms with Crippen LogP contribution in [0.5, 0.6) is 5.75 Å². The quantitative estimate of drug-likeness (QED) is 0.240. The number of oxime groups is 1. The van der Waals surface area contributed by atoms with Gasteiger partial charge in [0.25, 0.3) is 5.56 Å². The summed E-state index contributed by atoms with van der Waals surface area (Å²) < 4.78 is 23.9. The van der Waals surface area contributed by atoms with Gasteiger partial charge in [-0.25, -0.2) is 14.2 Å². The lowest BCUT2D eigenvalue weighted by molar-refractivity contribution is 0.214. The molecule has 0 N–H and O–H groups in total. The van der Waals surface area contributed by atoms with E-state index < -0.39 is 23.1 Å². The van der Waals surface area contributed by atoms with E-state index in [-0.39, 0.29) is 11.3 Å². The van der Waals surface area contributed by atoms with Crippen molar-refractivity contribution < 1.29 is 14.0 Å². The fourth-order valence-electron chi connectivity index (χ4n) is 4.66. The summed E-state index contributed by atoms with van der Waals surface area (Å²) in [6, 6.07) is 10.6. The Morgan fingerprint density at radius 1 is 1.13 bits per heavy atom. The number of ether oxygens (including phenoxy) is 1. The highest BCUT2D eigenvalue weighted by Crippen LogP contribution is 2.30. The number of aryl methyl sites for hydroxylation is 1. The summed E-state index contributed by atoms with van der Waals surface area (Å²) in [5, 5.41) is 4.22. The normalized spacial score (nSPS) is 14.3. The molecule has 2 aromatic carbocycles. The van der Waals surface area contributed by atoms with Crippen molar-refractivity contribution in [3.63, 3.8) is 0 Å². The van der Waals surface area contributed by atoms with Crippen LogP contribution in [0.4, 0.5) is 4.39 Å². The molecule has 1 aliphatic rings. The predicted molar refractivity (Wildman–Crippen MR) is 145 cm³/mol. The Kier molecular flexibility index (Phi) is 7.19. The average molecular weight is 532 g/mol. The molecule has 0 saturated heterocycles. The summed E-state index contributed by atoms with van der Waals surface area (Å²) in [6.07, 6.45) is 7.19. The van der Waals surface area contributed by atoms with E-state index in [0.29, 0.717) is 29.3 Å². The molecule has 4 aromatic rings. The first-order valence-electron chi connectivity index (χ1n) is 12.7. The van der Waals surface area contributed by atoms with Gasteiger partial charge in [-0.3, -0.25) is 13.9 Å². The fourth-order valence-corrected chi connectivity index (χ4v) is 4.66. The molecule has 1 unspecified atom stereocenters. The first kappa shape index (κ1) is 26.1. The predicted octanol–water partition coefficient (Wildman–Crippen LogP) is 4.07. The molecule has 1 fully saturated rings. The maximum absolute atomic E-state index is 14.0. The van der Waals surface area contributed by atoms with Crippen LogP contribution in [0.1, 0.15) is 48.2 Å². The van der Waals surface area contributed by atoms with Gasteiger partial charge in [0.1, 0.15) is 24.4 Å². The molecule has 10 heteroatoms. The highest BCUT2D eigenvalue weighted by Gasteiger charge is 2.27. The van der Waals surface area contributed by atoms with Gasteiger partial charge in [0, 0.05) is 24.5 Å². The Balaban J connectivity index is 1.67. The largest absolute Gasteiger partial charge is 0.495 e.